The van der Waals surface area contributed by atoms with Crippen molar-refractivity contribution in [1.29, 1.82) is 0 Å². The molecule has 1 fully saturated rings. The van der Waals surface area contributed by atoms with E-state index in [0.717, 1.165) is 29.7 Å². The zero-order chi connectivity index (χ0) is 21.0. The van der Waals surface area contributed by atoms with Gasteiger partial charge in [-0.25, -0.2) is 4.99 Å². The van der Waals surface area contributed by atoms with E-state index in [9.17, 15) is 4.79 Å². The fraction of sp³-hybridized carbons (Fsp3) is 0.417. The molecule has 2 atom stereocenters. The molecule has 0 bridgehead atoms. The second-order valence-electron chi connectivity index (χ2n) is 7.96. The number of carbonyl (C=O) groups is 1. The first-order valence-electron chi connectivity index (χ1n) is 10.6. The van der Waals surface area contributed by atoms with Crippen LogP contribution >= 0.6 is 0 Å². The van der Waals surface area contributed by atoms with E-state index in [1.807, 2.05) is 61.5 Å². The quantitative estimate of drug-likeness (QED) is 0.626. The lowest BCUT2D eigenvalue weighted by Gasteiger charge is -2.28. The number of nitrogens with one attached hydrogen (secondary N) is 1. The van der Waals surface area contributed by atoms with E-state index in [1.165, 1.54) is 0 Å². The molecule has 1 aliphatic heterocycles. The van der Waals surface area contributed by atoms with Crippen molar-refractivity contribution >= 4 is 11.8 Å². The Morgan fingerprint density at radius 2 is 1.93 bits per heavy atom. The van der Waals surface area contributed by atoms with Gasteiger partial charge in [0.15, 0.2) is 5.54 Å². The van der Waals surface area contributed by atoms with Gasteiger partial charge in [-0.1, -0.05) is 30.3 Å². The van der Waals surface area contributed by atoms with Gasteiger partial charge in [-0.3, -0.25) is 4.79 Å². The standard InChI is InChI=1S/C24H28N2O4/c1-17-24(23(28)25-20-10-11-20,16-18-6-3-2-4-7-18)26-22(30-17)19-8-12-21(13-9-19)29-15-5-14-27/h2-4,6-9,12-13,17,20,27H,5,10-11,14-16H2,1H3,(H,25,28)/t17-,24-/m1/s1. The first-order valence-corrected chi connectivity index (χ1v) is 10.6. The number of carbonyl (C=O) groups excluding carboxylic acids is 1. The summed E-state index contributed by atoms with van der Waals surface area (Å²) in [5, 5.41) is 12.0. The van der Waals surface area contributed by atoms with Crippen LogP contribution in [0.2, 0.25) is 0 Å². The highest BCUT2D eigenvalue weighted by Gasteiger charge is 2.51. The summed E-state index contributed by atoms with van der Waals surface area (Å²) in [6, 6.07) is 17.7. The van der Waals surface area contributed by atoms with Crippen LogP contribution in [0.3, 0.4) is 0 Å². The molecule has 1 aliphatic carbocycles. The summed E-state index contributed by atoms with van der Waals surface area (Å²) in [6.45, 7) is 2.48. The van der Waals surface area contributed by atoms with Crippen LogP contribution in [0, 0.1) is 0 Å². The minimum absolute atomic E-state index is 0.0692. The van der Waals surface area contributed by atoms with Gasteiger partial charge in [0.2, 0.25) is 5.90 Å². The van der Waals surface area contributed by atoms with E-state index in [-0.39, 0.29) is 24.7 Å². The molecule has 0 saturated heterocycles. The molecule has 30 heavy (non-hydrogen) atoms. The smallest absolute Gasteiger partial charge is 0.252 e. The third-order valence-electron chi connectivity index (χ3n) is 5.56. The Morgan fingerprint density at radius 3 is 2.60 bits per heavy atom. The Bertz CT molecular complexity index is 893. The molecule has 0 aromatic heterocycles. The van der Waals surface area contributed by atoms with Gasteiger partial charge in [0, 0.05) is 31.1 Å². The van der Waals surface area contributed by atoms with E-state index in [0.29, 0.717) is 25.3 Å². The molecule has 6 nitrogen and oxygen atoms in total. The van der Waals surface area contributed by atoms with Crippen LogP contribution < -0.4 is 10.1 Å². The van der Waals surface area contributed by atoms with Crippen LogP contribution in [0.5, 0.6) is 5.75 Å². The van der Waals surface area contributed by atoms with E-state index in [4.69, 9.17) is 19.6 Å². The maximum atomic E-state index is 13.3. The van der Waals surface area contributed by atoms with Crippen molar-refractivity contribution in [2.45, 2.75) is 50.3 Å². The summed E-state index contributed by atoms with van der Waals surface area (Å²) in [4.78, 5) is 18.1. The predicted octanol–water partition coefficient (Wildman–Crippen LogP) is 2.87. The summed E-state index contributed by atoms with van der Waals surface area (Å²) in [7, 11) is 0. The van der Waals surface area contributed by atoms with Gasteiger partial charge in [0.05, 0.1) is 6.61 Å². The zero-order valence-corrected chi connectivity index (χ0v) is 17.2. The molecule has 4 rings (SSSR count). The maximum Gasteiger partial charge on any atom is 0.252 e. The number of hydrogen-bond acceptors (Lipinski definition) is 5. The van der Waals surface area contributed by atoms with Crippen LogP contribution in [0.4, 0.5) is 0 Å². The first-order chi connectivity index (χ1) is 14.6. The lowest BCUT2D eigenvalue weighted by atomic mass is 9.86. The number of ether oxygens (including phenoxy) is 2. The normalized spacial score (nSPS) is 22.9. The van der Waals surface area contributed by atoms with Crippen LogP contribution in [0.25, 0.3) is 0 Å². The van der Waals surface area contributed by atoms with E-state index >= 15 is 0 Å². The number of benzene rings is 2. The topological polar surface area (TPSA) is 80.2 Å². The van der Waals surface area contributed by atoms with Gasteiger partial charge in [0.1, 0.15) is 11.9 Å². The van der Waals surface area contributed by atoms with Crippen LogP contribution in [-0.2, 0) is 16.0 Å². The fourth-order valence-electron chi connectivity index (χ4n) is 3.59. The molecule has 1 amide bonds. The molecule has 2 aliphatic rings. The molecule has 2 N–H and O–H groups in total. The van der Waals surface area contributed by atoms with Crippen molar-refractivity contribution in [1.82, 2.24) is 5.32 Å². The molecule has 6 heteroatoms. The van der Waals surface area contributed by atoms with E-state index in [2.05, 4.69) is 5.32 Å². The van der Waals surface area contributed by atoms with Crippen molar-refractivity contribution in [3.05, 3.63) is 65.7 Å². The molecular weight excluding hydrogens is 380 g/mol. The molecule has 0 unspecified atom stereocenters. The van der Waals surface area contributed by atoms with Crippen LogP contribution in [0.15, 0.2) is 59.6 Å². The number of aliphatic imine (C=N–C) groups is 1. The second kappa shape index (κ2) is 8.88. The Morgan fingerprint density at radius 1 is 1.20 bits per heavy atom. The fourth-order valence-corrected chi connectivity index (χ4v) is 3.59. The summed E-state index contributed by atoms with van der Waals surface area (Å²) >= 11 is 0. The SMILES string of the molecule is C[C@H]1OC(c2ccc(OCCCO)cc2)=N[C@@]1(Cc1ccccc1)C(=O)NC1CC1. The minimum atomic E-state index is -0.991. The Labute approximate surface area is 176 Å². The number of hydrogen-bond donors (Lipinski definition) is 2. The largest absolute Gasteiger partial charge is 0.494 e. The third-order valence-corrected chi connectivity index (χ3v) is 5.56. The lowest BCUT2D eigenvalue weighted by molar-refractivity contribution is -0.128. The predicted molar refractivity (Wildman–Crippen MR) is 115 cm³/mol. The average Bonchev–Trinajstić information content (AvgIpc) is 3.51. The third kappa shape index (κ3) is 4.49. The average molecular weight is 408 g/mol. The highest BCUT2D eigenvalue weighted by molar-refractivity contribution is 6.01. The highest BCUT2D eigenvalue weighted by Crippen LogP contribution is 2.34. The van der Waals surface area contributed by atoms with Crippen molar-refractivity contribution < 1.29 is 19.4 Å². The molecule has 0 radical (unpaired) electrons. The molecule has 1 heterocycles. The van der Waals surface area contributed by atoms with Crippen LogP contribution in [-0.4, -0.2) is 47.8 Å². The van der Waals surface area contributed by atoms with Crippen molar-refractivity contribution in [3.63, 3.8) is 0 Å². The van der Waals surface area contributed by atoms with Gasteiger partial charge in [0.25, 0.3) is 5.91 Å². The van der Waals surface area contributed by atoms with Gasteiger partial charge in [-0.2, -0.15) is 0 Å². The zero-order valence-electron chi connectivity index (χ0n) is 17.2. The summed E-state index contributed by atoms with van der Waals surface area (Å²) < 4.78 is 11.7. The molecular formula is C24H28N2O4. The number of aliphatic hydroxyl groups excluding tert-OH is 1. The van der Waals surface area contributed by atoms with Crippen molar-refractivity contribution in [2.24, 2.45) is 4.99 Å². The molecule has 1 saturated carbocycles. The van der Waals surface area contributed by atoms with E-state index < -0.39 is 5.54 Å². The van der Waals surface area contributed by atoms with Gasteiger partial charge >= 0.3 is 0 Å². The minimum Gasteiger partial charge on any atom is -0.494 e. The first kappa shape index (κ1) is 20.4. The molecule has 158 valence electrons. The Kier molecular flexibility index (Phi) is 6.04. The van der Waals surface area contributed by atoms with E-state index in [1.54, 1.807) is 0 Å². The number of aliphatic hydroxyl groups is 1. The van der Waals surface area contributed by atoms with Gasteiger partial charge in [-0.05, 0) is 49.6 Å². The Balaban J connectivity index is 1.59. The number of rotatable bonds is 9. The van der Waals surface area contributed by atoms with Gasteiger partial charge in [-0.15, -0.1) is 0 Å². The molecule has 2 aromatic rings. The number of amides is 1. The monoisotopic (exact) mass is 408 g/mol. The van der Waals surface area contributed by atoms with Crippen molar-refractivity contribution in [3.8, 4) is 5.75 Å². The van der Waals surface area contributed by atoms with Crippen molar-refractivity contribution in [2.75, 3.05) is 13.2 Å². The molecule has 2 aromatic carbocycles. The summed E-state index contributed by atoms with van der Waals surface area (Å²) in [5.74, 6) is 1.13. The summed E-state index contributed by atoms with van der Waals surface area (Å²) in [6.07, 6.45) is 2.74. The summed E-state index contributed by atoms with van der Waals surface area (Å²) in [5.41, 5.74) is 0.873. The molecule has 0 spiro atoms. The maximum absolute atomic E-state index is 13.3. The van der Waals surface area contributed by atoms with Gasteiger partial charge < -0.3 is 19.9 Å². The number of nitrogens with zero attached hydrogens (tertiary/aromatic N) is 1. The highest BCUT2D eigenvalue weighted by atomic mass is 16.5. The Hall–Kier alpha value is -2.86. The lowest BCUT2D eigenvalue weighted by Crippen LogP contribution is -2.53. The second-order valence-corrected chi connectivity index (χ2v) is 7.96. The van der Waals surface area contributed by atoms with Crippen LogP contribution in [0.1, 0.15) is 37.3 Å².